The minimum Gasteiger partial charge on any atom is -0.507 e. The van der Waals surface area contributed by atoms with Gasteiger partial charge in [0.25, 0.3) is 0 Å². The molecule has 0 radical (unpaired) electrons. The largest absolute Gasteiger partial charge is 0.507 e. The molecule has 0 saturated heterocycles. The van der Waals surface area contributed by atoms with Crippen LogP contribution in [0.3, 0.4) is 0 Å². The Labute approximate surface area is 195 Å². The number of nitrogens with two attached hydrogens (primary N) is 1. The Balaban J connectivity index is 2.13. The zero-order valence-corrected chi connectivity index (χ0v) is 18.5. The van der Waals surface area contributed by atoms with E-state index in [9.17, 15) is 20.0 Å². The Morgan fingerprint density at radius 3 is 2.24 bits per heavy atom. The third-order valence-corrected chi connectivity index (χ3v) is 5.73. The van der Waals surface area contributed by atoms with Gasteiger partial charge in [0.15, 0.2) is 0 Å². The number of allylic oxidation sites excluding steroid dienone is 1. The summed E-state index contributed by atoms with van der Waals surface area (Å²) >= 11 is 0. The van der Waals surface area contributed by atoms with Gasteiger partial charge in [0.2, 0.25) is 0 Å². The maximum absolute atomic E-state index is 13.2. The van der Waals surface area contributed by atoms with Crippen LogP contribution >= 0.6 is 0 Å². The lowest BCUT2D eigenvalue weighted by atomic mass is 9.80. The number of nitrogens with zero attached hydrogens (tertiary/aromatic N) is 2. The van der Waals surface area contributed by atoms with E-state index in [0.717, 1.165) is 0 Å². The third kappa shape index (κ3) is 3.49. The lowest BCUT2D eigenvalue weighted by molar-refractivity contribution is -0.139. The van der Waals surface area contributed by atoms with Crippen molar-refractivity contribution in [2.75, 3.05) is 19.1 Å². The van der Waals surface area contributed by atoms with E-state index in [-0.39, 0.29) is 28.4 Å². The topological polar surface area (TPSA) is 126 Å². The molecule has 8 heteroatoms. The van der Waals surface area contributed by atoms with Gasteiger partial charge in [-0.2, -0.15) is 5.26 Å². The second kappa shape index (κ2) is 9.00. The number of phenolic OH excluding ortho intramolecular Hbond substituents is 1. The summed E-state index contributed by atoms with van der Waals surface area (Å²) in [6.45, 7) is 0. The Morgan fingerprint density at radius 2 is 1.59 bits per heavy atom. The van der Waals surface area contributed by atoms with Gasteiger partial charge in [0, 0.05) is 10.8 Å². The van der Waals surface area contributed by atoms with Crippen LogP contribution in [0.1, 0.15) is 11.5 Å². The smallest absolute Gasteiger partial charge is 0.355 e. The van der Waals surface area contributed by atoms with Gasteiger partial charge in [-0.3, -0.25) is 4.90 Å². The summed E-state index contributed by atoms with van der Waals surface area (Å²) in [5.74, 6) is -2.60. The highest BCUT2D eigenvalue weighted by Gasteiger charge is 2.43. The molecule has 34 heavy (non-hydrogen) atoms. The molecule has 1 atom stereocenters. The Bertz CT molecular complexity index is 1400. The van der Waals surface area contributed by atoms with Crippen molar-refractivity contribution in [1.82, 2.24) is 0 Å². The van der Waals surface area contributed by atoms with E-state index in [2.05, 4.69) is 6.07 Å². The minimum atomic E-state index is -0.952. The molecular formula is C26H21N3O5. The van der Waals surface area contributed by atoms with E-state index in [0.29, 0.717) is 22.0 Å². The van der Waals surface area contributed by atoms with Crippen molar-refractivity contribution in [2.45, 2.75) is 5.92 Å². The molecule has 0 fully saturated rings. The van der Waals surface area contributed by atoms with E-state index >= 15 is 0 Å². The van der Waals surface area contributed by atoms with E-state index in [1.165, 1.54) is 25.2 Å². The molecule has 0 aromatic heterocycles. The van der Waals surface area contributed by atoms with Crippen molar-refractivity contribution in [3.05, 3.63) is 95.0 Å². The fourth-order valence-electron chi connectivity index (χ4n) is 4.24. The van der Waals surface area contributed by atoms with Crippen LogP contribution in [0.4, 0.5) is 5.69 Å². The number of hydrogen-bond acceptors (Lipinski definition) is 8. The molecule has 0 bridgehead atoms. The van der Waals surface area contributed by atoms with Crippen molar-refractivity contribution >= 4 is 28.4 Å². The van der Waals surface area contributed by atoms with Crippen molar-refractivity contribution in [2.24, 2.45) is 5.73 Å². The summed E-state index contributed by atoms with van der Waals surface area (Å²) in [7, 11) is 2.38. The Kier molecular flexibility index (Phi) is 5.94. The van der Waals surface area contributed by atoms with E-state index in [4.69, 9.17) is 15.2 Å². The average molecular weight is 455 g/mol. The first-order valence-corrected chi connectivity index (χ1v) is 10.3. The molecule has 1 aliphatic heterocycles. The van der Waals surface area contributed by atoms with Crippen LogP contribution < -0.4 is 10.6 Å². The van der Waals surface area contributed by atoms with Gasteiger partial charge < -0.3 is 20.3 Å². The fraction of sp³-hybridized carbons (Fsp3) is 0.115. The van der Waals surface area contributed by atoms with Crippen LogP contribution in [0.2, 0.25) is 0 Å². The predicted octanol–water partition coefficient (Wildman–Crippen LogP) is 3.44. The molecule has 1 heterocycles. The summed E-state index contributed by atoms with van der Waals surface area (Å²) in [4.78, 5) is 27.6. The number of carbonyl (C=O) groups is 2. The highest BCUT2D eigenvalue weighted by Crippen LogP contribution is 2.45. The normalized spacial score (nSPS) is 15.8. The molecule has 1 aliphatic rings. The fourth-order valence-corrected chi connectivity index (χ4v) is 4.24. The number of phenols is 1. The summed E-state index contributed by atoms with van der Waals surface area (Å²) in [6, 6.07) is 20.9. The molecule has 1 unspecified atom stereocenters. The molecule has 0 amide bonds. The second-order valence-electron chi connectivity index (χ2n) is 7.48. The van der Waals surface area contributed by atoms with Crippen molar-refractivity contribution in [1.29, 1.82) is 5.26 Å². The van der Waals surface area contributed by atoms with Crippen LogP contribution in [-0.2, 0) is 19.1 Å². The van der Waals surface area contributed by atoms with E-state index < -0.39 is 17.9 Å². The van der Waals surface area contributed by atoms with Crippen LogP contribution in [-0.4, -0.2) is 31.3 Å². The number of benzene rings is 3. The molecule has 0 saturated carbocycles. The van der Waals surface area contributed by atoms with Crippen LogP contribution in [0.15, 0.2) is 89.4 Å². The maximum atomic E-state index is 13.2. The van der Waals surface area contributed by atoms with Crippen molar-refractivity contribution in [3.63, 3.8) is 0 Å². The second-order valence-corrected chi connectivity index (χ2v) is 7.48. The Morgan fingerprint density at radius 1 is 0.941 bits per heavy atom. The summed E-state index contributed by atoms with van der Waals surface area (Å²) < 4.78 is 10.1. The van der Waals surface area contributed by atoms with Gasteiger partial charge in [0.05, 0.1) is 43.0 Å². The molecule has 0 aliphatic carbocycles. The van der Waals surface area contributed by atoms with Gasteiger partial charge in [0.1, 0.15) is 17.3 Å². The number of aromatic hydroxyl groups is 1. The highest BCUT2D eigenvalue weighted by atomic mass is 16.5. The van der Waals surface area contributed by atoms with E-state index in [1.807, 2.05) is 0 Å². The molecule has 3 aromatic rings. The molecule has 8 nitrogen and oxygen atoms in total. The zero-order chi connectivity index (χ0) is 24.4. The minimum absolute atomic E-state index is 0.0263. The number of carbonyl (C=O) groups excluding carboxylic acids is 2. The number of esters is 2. The molecule has 3 N–H and O–H groups in total. The van der Waals surface area contributed by atoms with Crippen LogP contribution in [0, 0.1) is 11.3 Å². The quantitative estimate of drug-likeness (QED) is 0.573. The van der Waals surface area contributed by atoms with Gasteiger partial charge in [-0.05, 0) is 17.7 Å². The SMILES string of the molecule is COC(=O)C1=C(C(=O)OC)N(c2cccc3c(O)cccc23)C(N)=C(C#N)C1c1ccccc1. The molecule has 0 spiro atoms. The first kappa shape index (κ1) is 22.4. The number of anilines is 1. The van der Waals surface area contributed by atoms with Crippen LogP contribution in [0.5, 0.6) is 5.75 Å². The standard InChI is InChI=1S/C26H21N3O5/c1-33-25(31)22-21(15-8-4-3-5-9-15)18(14-27)24(28)29(23(22)26(32)34-2)19-12-6-11-17-16(19)10-7-13-20(17)30/h3-13,21,30H,28H2,1-2H3. The van der Waals surface area contributed by atoms with Gasteiger partial charge in [-0.1, -0.05) is 54.6 Å². The number of ether oxygens (including phenoxy) is 2. The third-order valence-electron chi connectivity index (χ3n) is 5.73. The average Bonchev–Trinajstić information content (AvgIpc) is 2.87. The summed E-state index contributed by atoms with van der Waals surface area (Å²) in [6.07, 6.45) is 0. The number of methoxy groups -OCH3 is 2. The lowest BCUT2D eigenvalue weighted by Gasteiger charge is -2.36. The Hall–Kier alpha value is -4.77. The number of rotatable bonds is 4. The first-order chi connectivity index (χ1) is 16.4. The van der Waals surface area contributed by atoms with Crippen molar-refractivity contribution in [3.8, 4) is 11.8 Å². The van der Waals surface area contributed by atoms with E-state index in [1.54, 1.807) is 60.7 Å². The van der Waals surface area contributed by atoms with Gasteiger partial charge in [-0.15, -0.1) is 0 Å². The highest BCUT2D eigenvalue weighted by molar-refractivity contribution is 6.09. The monoisotopic (exact) mass is 455 g/mol. The van der Waals surface area contributed by atoms with Gasteiger partial charge in [-0.25, -0.2) is 9.59 Å². The molecular weight excluding hydrogens is 434 g/mol. The first-order valence-electron chi connectivity index (χ1n) is 10.3. The number of nitriles is 1. The zero-order valence-electron chi connectivity index (χ0n) is 18.5. The molecule has 4 rings (SSSR count). The van der Waals surface area contributed by atoms with Crippen LogP contribution in [0.25, 0.3) is 10.8 Å². The predicted molar refractivity (Wildman–Crippen MR) is 125 cm³/mol. The van der Waals surface area contributed by atoms with Gasteiger partial charge >= 0.3 is 11.9 Å². The summed E-state index contributed by atoms with van der Waals surface area (Å²) in [5, 5.41) is 21.5. The number of hydrogen-bond donors (Lipinski definition) is 2. The lowest BCUT2D eigenvalue weighted by Crippen LogP contribution is -2.40. The summed E-state index contributed by atoms with van der Waals surface area (Å²) in [5.41, 5.74) is 7.31. The molecule has 170 valence electrons. The number of fused-ring (bicyclic) bond motifs is 1. The van der Waals surface area contributed by atoms with Crippen molar-refractivity contribution < 1.29 is 24.2 Å². The maximum Gasteiger partial charge on any atom is 0.355 e. The molecule has 3 aromatic carbocycles.